The van der Waals surface area contributed by atoms with Gasteiger partial charge in [-0.05, 0) is 278 Å². The molecule has 9 heterocycles. The van der Waals surface area contributed by atoms with Gasteiger partial charge in [-0.25, -0.2) is 4.39 Å². The van der Waals surface area contributed by atoms with Crippen LogP contribution in [0.1, 0.15) is 326 Å². The fraction of sp³-hybridized carbons (Fsp3) is 0.359. The number of H-pyrrole nitrogens is 3. The molecule has 0 aliphatic carbocycles. The summed E-state index contributed by atoms with van der Waals surface area (Å²) in [5, 5.41) is 47.1. The van der Waals surface area contributed by atoms with Crippen LogP contribution < -0.4 is 43.3 Å². The summed E-state index contributed by atoms with van der Waals surface area (Å²) in [4.78, 5) is 30.1. The smallest absolute Gasteiger partial charge is 0.143 e. The number of para-hydroxylation sites is 5. The lowest BCUT2D eigenvalue weighted by atomic mass is 10.0. The van der Waals surface area contributed by atoms with Gasteiger partial charge >= 0.3 is 0 Å². The molecule has 18 heteroatoms. The van der Waals surface area contributed by atoms with E-state index in [2.05, 4.69) is 381 Å². The zero-order chi connectivity index (χ0) is 109. The lowest BCUT2D eigenvalue weighted by molar-refractivity contribution is 0.299. The number of pyridine rings is 3. The van der Waals surface area contributed by atoms with Crippen LogP contribution in [0, 0.1) is 23.6 Å². The Hall–Kier alpha value is -14.2. The quantitative estimate of drug-likeness (QED) is 0.0424. The summed E-state index contributed by atoms with van der Waals surface area (Å²) >= 11 is 0. The minimum atomic E-state index is -0.224. The number of nitrogens with one attached hydrogen (secondary N) is 3. The third kappa shape index (κ3) is 46.0. The molecule has 0 amide bonds. The van der Waals surface area contributed by atoms with Crippen LogP contribution in [0.15, 0.2) is 360 Å². The number of aromatic amines is 3. The van der Waals surface area contributed by atoms with E-state index in [1.165, 1.54) is 94.8 Å². The van der Waals surface area contributed by atoms with Gasteiger partial charge in [0.25, 0.3) is 0 Å². The van der Waals surface area contributed by atoms with Gasteiger partial charge < -0.3 is 21.7 Å². The summed E-state index contributed by atoms with van der Waals surface area (Å²) in [6, 6.07) is 100. The molecule has 1 unspecified atom stereocenters. The number of fused-ring (bicyclic) bond motifs is 4. The summed E-state index contributed by atoms with van der Waals surface area (Å²) in [6.45, 7) is 61.7. The Morgan fingerprint density at radius 1 is 0.356 bits per heavy atom. The van der Waals surface area contributed by atoms with E-state index < -0.39 is 0 Å². The maximum Gasteiger partial charge on any atom is 0.143 e. The zero-order valence-electron chi connectivity index (χ0n) is 94.2. The fourth-order valence-electron chi connectivity index (χ4n) is 14.7. The monoisotopic (exact) mass is 2010 g/mol. The minimum absolute atomic E-state index is 0.141. The molecule has 10 aromatic carbocycles. The number of aromatic hydroxyl groups is 1. The van der Waals surface area contributed by atoms with Gasteiger partial charge in [0.05, 0.1) is 45.2 Å². The molecule has 17 nitrogen and oxygen atoms in total. The topological polar surface area (TPSA) is 267 Å². The number of hydrogen-bond donors (Lipinski definition) is 7. The molecule has 0 radical (unpaired) electrons. The van der Waals surface area contributed by atoms with Crippen LogP contribution in [-0.2, 0) is 6.42 Å². The molecule has 1 atom stereocenters. The van der Waals surface area contributed by atoms with Crippen molar-refractivity contribution in [3.05, 3.63) is 445 Å². The summed E-state index contributed by atoms with van der Waals surface area (Å²) in [6.07, 6.45) is 14.1. The van der Waals surface area contributed by atoms with Crippen LogP contribution in [0.2, 0.25) is 0 Å². The molecule has 790 valence electrons. The molecule has 19 rings (SSSR count). The molecule has 0 bridgehead atoms. The van der Waals surface area contributed by atoms with Crippen molar-refractivity contribution >= 4 is 33.9 Å². The Kier molecular flexibility index (Phi) is 55.4. The fourth-order valence-corrected chi connectivity index (χ4v) is 14.7. The molecule has 0 fully saturated rings. The second kappa shape index (κ2) is 66.9. The number of aromatic nitrogens is 9. The first-order chi connectivity index (χ1) is 71.1. The average Bonchev–Trinajstić information content (AvgIpc) is 1.70. The number of phenolic OH excluding ortho intramolecular Hbond substituents is 1. The highest BCUT2D eigenvalue weighted by Crippen LogP contribution is 2.26. The van der Waals surface area contributed by atoms with Crippen molar-refractivity contribution in [2.45, 2.75) is 278 Å². The summed E-state index contributed by atoms with van der Waals surface area (Å²) in [7, 11) is 0. The number of nitrogens with two attached hydrogens (primary N) is 2. The number of rotatable bonds is 17. The Balaban J connectivity index is 0.000000246. The molecule has 149 heavy (non-hydrogen) atoms. The Labute approximate surface area is 890 Å². The number of nitrogen functional groups attached to an aromatic ring is 2. The lowest BCUT2D eigenvalue weighted by Gasteiger charge is -2.06. The molecule has 3 aliphatic heterocycles. The number of aliphatic hydroxyl groups excluding tert-OH is 1. The molecular formula is C131H172FN15O2. The largest absolute Gasteiger partial charge is 0.508 e. The molecular weight excluding hydrogens is 1830 g/mol. The number of phenols is 1. The SMILES string of the molecule is CC(C)C1=c2ccccc2=NC1.CC(C)C1C=c2ccccc2=N1.CC(C)C1N=c2ccccc2=N1.CC(C)c1[nH]nc2ccccc12.CC(C)c1cc(-c2ccc(F)cc2)n[nH]1.CC(C)c1ccc(CCO)cc1.CC(C)c1ccc(N)cc1.CC(C)c1ccc(O)cc1.CC(C)c1cccc(N)c1.CC(C)c1ccccc1.CC(C)c1ccccn1.CC(C)c1cccnc1.CC(C)c1ccn[nH]1.CC(C)c1ccncc1. The number of nitrogens with zero attached hydrogens (tertiary/aromatic N) is 10. The van der Waals surface area contributed by atoms with E-state index in [4.69, 9.17) is 21.7 Å². The number of hydrogen-bond acceptors (Lipinski definition) is 14. The third-order valence-electron chi connectivity index (χ3n) is 24.5. The predicted octanol–water partition coefficient (Wildman–Crippen LogP) is 29.8. The van der Waals surface area contributed by atoms with Crippen LogP contribution in [0.25, 0.3) is 33.8 Å². The van der Waals surface area contributed by atoms with Gasteiger partial charge in [-0.15, -0.1) is 0 Å². The van der Waals surface area contributed by atoms with Crippen molar-refractivity contribution in [3.63, 3.8) is 0 Å². The van der Waals surface area contributed by atoms with Crippen molar-refractivity contribution in [2.24, 2.45) is 37.7 Å². The van der Waals surface area contributed by atoms with Gasteiger partial charge in [-0.2, -0.15) is 15.3 Å². The maximum absolute atomic E-state index is 12.7. The highest BCUT2D eigenvalue weighted by Gasteiger charge is 2.16. The molecule has 0 spiro atoms. The third-order valence-corrected chi connectivity index (χ3v) is 24.5. The number of benzene rings is 10. The predicted molar refractivity (Wildman–Crippen MR) is 628 cm³/mol. The van der Waals surface area contributed by atoms with Gasteiger partial charge in [0.2, 0.25) is 0 Å². The van der Waals surface area contributed by atoms with Gasteiger partial charge in [0, 0.05) is 94.1 Å². The summed E-state index contributed by atoms with van der Waals surface area (Å²) in [5.74, 6) is 8.07. The van der Waals surface area contributed by atoms with Crippen molar-refractivity contribution in [3.8, 4) is 17.0 Å². The maximum atomic E-state index is 12.7. The van der Waals surface area contributed by atoms with Crippen LogP contribution in [0.5, 0.6) is 5.75 Å². The first kappa shape index (κ1) is 123. The van der Waals surface area contributed by atoms with E-state index in [-0.39, 0.29) is 18.6 Å². The van der Waals surface area contributed by atoms with Gasteiger partial charge in [-0.1, -0.05) is 370 Å². The van der Waals surface area contributed by atoms with E-state index in [1.807, 2.05) is 176 Å². The minimum Gasteiger partial charge on any atom is -0.508 e. The lowest BCUT2D eigenvalue weighted by Crippen LogP contribution is -2.23. The standard InChI is InChI=1S/C12H13FN2.2C11H13N.C11H16O.2C10H12N2.2C9H13N.C9H12O.C9H12.3C8H11N.C6H10N2/c1-8(2)11-7-12(15-14-11)9-3-5-10(13)6-4-9;1-8(2)10-7-12-11-6-4-3-5-9(10)11;1-8(2)11-7-9-5-3-4-6-10(9)12-11;1-9(2)11-5-3-10(4-6-11)7-8-12;1-7(2)10-11-8-5-3-4-6-9(8)12-10;1-7(2)10-8-5-3-4-6-9(8)11-12-10;1-7(2)8-3-5-9(10)6-4-8;1-7(2)8-4-3-5-9(10)6-8;1-7(2)8-3-5-9(10)6-4-8;1-8(2)9-6-4-3-5-7-9;1-7(2)8-3-5-9-6-4-8;1-7(2)8-4-3-5-9-6-8;1-7(2)8-5-3-4-6-9-8;1-5(2)6-3-4-7-8-6/h3-8H,1-2H3,(H,14,15);3-6,8H,7H2,1-2H3;3-8,11H,1-2H3;3-6,9,12H,7-8H2,1-2H3;3-7,10H,1-2H3;3-7H,1-2H3,(H,11,12);2*3-7H,10H2,1-2H3;3-7,10H,1-2H3;3-8H,1-2H3;3*3-7H,1-2H3;3-5H,1-2H3,(H,7,8). The van der Waals surface area contributed by atoms with Gasteiger partial charge in [0.1, 0.15) is 17.7 Å². The van der Waals surface area contributed by atoms with Crippen LogP contribution in [0.4, 0.5) is 15.8 Å². The van der Waals surface area contributed by atoms with Crippen molar-refractivity contribution < 1.29 is 14.6 Å². The second-order valence-electron chi connectivity index (χ2n) is 41.5. The summed E-state index contributed by atoms with van der Waals surface area (Å²) < 4.78 is 12.7. The highest BCUT2D eigenvalue weighted by molar-refractivity contribution is 5.81. The summed E-state index contributed by atoms with van der Waals surface area (Å²) in [5.41, 5.74) is 32.4. The van der Waals surface area contributed by atoms with E-state index in [9.17, 15) is 4.39 Å². The molecule has 9 N–H and O–H groups in total. The van der Waals surface area contributed by atoms with Crippen molar-refractivity contribution in [2.75, 3.05) is 24.6 Å². The van der Waals surface area contributed by atoms with Gasteiger partial charge in [-0.3, -0.25) is 50.2 Å². The van der Waals surface area contributed by atoms with Crippen LogP contribution in [-0.4, -0.2) is 81.1 Å². The van der Waals surface area contributed by atoms with Crippen molar-refractivity contribution in [1.29, 1.82) is 0 Å². The first-order valence-electron chi connectivity index (χ1n) is 53.1. The van der Waals surface area contributed by atoms with Crippen LogP contribution in [0.3, 0.4) is 0 Å². The van der Waals surface area contributed by atoms with E-state index in [0.717, 1.165) is 68.6 Å². The Bertz CT molecular complexity index is 6370. The van der Waals surface area contributed by atoms with Gasteiger partial charge in [0.15, 0.2) is 0 Å². The molecule has 3 aliphatic rings. The number of anilines is 2. The van der Waals surface area contributed by atoms with E-state index in [0.29, 0.717) is 94.6 Å². The van der Waals surface area contributed by atoms with E-state index >= 15 is 0 Å². The number of halogens is 1. The molecule has 0 saturated heterocycles. The van der Waals surface area contributed by atoms with E-state index in [1.54, 1.807) is 36.7 Å². The Morgan fingerprint density at radius 2 is 0.859 bits per heavy atom. The Morgan fingerprint density at radius 3 is 1.30 bits per heavy atom. The molecule has 0 saturated carbocycles. The molecule has 16 aromatic rings. The average molecular weight is 2010 g/mol. The van der Waals surface area contributed by atoms with Crippen LogP contribution >= 0.6 is 0 Å². The second-order valence-corrected chi connectivity index (χ2v) is 41.5. The molecule has 6 aromatic heterocycles. The zero-order valence-corrected chi connectivity index (χ0v) is 94.2. The van der Waals surface area contributed by atoms with Crippen molar-refractivity contribution in [1.82, 2.24) is 45.5 Å². The first-order valence-corrected chi connectivity index (χ1v) is 53.1. The number of aliphatic hydroxyl groups is 1. The normalized spacial score (nSPS) is 12.0. The highest BCUT2D eigenvalue weighted by atomic mass is 19.1.